The second-order valence-electron chi connectivity index (χ2n) is 6.13. The van der Waals surface area contributed by atoms with Gasteiger partial charge in [-0.1, -0.05) is 37.3 Å². The van der Waals surface area contributed by atoms with Crippen LogP contribution in [0, 0.1) is 0 Å². The number of hydrogen-bond acceptors (Lipinski definition) is 3. The van der Waals surface area contributed by atoms with Gasteiger partial charge in [-0.2, -0.15) is 11.8 Å². The second kappa shape index (κ2) is 6.41. The fourth-order valence-electron chi connectivity index (χ4n) is 3.54. The highest BCUT2D eigenvalue weighted by atomic mass is 32.2. The Morgan fingerprint density at radius 3 is 2.67 bits per heavy atom. The van der Waals surface area contributed by atoms with Crippen LogP contribution < -0.4 is 5.32 Å². The van der Waals surface area contributed by atoms with E-state index in [-0.39, 0.29) is 5.41 Å². The van der Waals surface area contributed by atoms with Crippen molar-refractivity contribution in [3.63, 3.8) is 0 Å². The third-order valence-electron chi connectivity index (χ3n) is 4.72. The molecule has 0 bridgehead atoms. The molecule has 1 aromatic carbocycles. The van der Waals surface area contributed by atoms with Crippen molar-refractivity contribution in [3.8, 4) is 0 Å². The van der Waals surface area contributed by atoms with E-state index in [0.29, 0.717) is 11.2 Å². The highest BCUT2D eigenvalue weighted by molar-refractivity contribution is 7.99. The zero-order valence-electron chi connectivity index (χ0n) is 12.7. The van der Waals surface area contributed by atoms with Gasteiger partial charge < -0.3 is 10.2 Å². The number of amides is 1. The maximum Gasteiger partial charge on any atom is 0.233 e. The first-order chi connectivity index (χ1) is 10.2. The molecule has 0 aromatic heterocycles. The average molecular weight is 304 g/mol. The standard InChI is InChI=1S/C17H24N2OS/c1-14-13-19(11-12-21-14)16(20)17(7-9-18-10-8-17)15-5-3-2-4-6-15/h2-6,14,18H,7-13H2,1H3. The van der Waals surface area contributed by atoms with Gasteiger partial charge in [0, 0.05) is 24.1 Å². The minimum atomic E-state index is -0.311. The Labute approximate surface area is 131 Å². The summed E-state index contributed by atoms with van der Waals surface area (Å²) in [5.74, 6) is 1.41. The predicted octanol–water partition coefficient (Wildman–Crippen LogP) is 2.27. The van der Waals surface area contributed by atoms with E-state index in [9.17, 15) is 4.79 Å². The lowest BCUT2D eigenvalue weighted by Gasteiger charge is -2.42. The molecule has 21 heavy (non-hydrogen) atoms. The maximum atomic E-state index is 13.3. The lowest BCUT2D eigenvalue weighted by Crippen LogP contribution is -2.54. The van der Waals surface area contributed by atoms with E-state index in [1.165, 1.54) is 5.56 Å². The lowest BCUT2D eigenvalue weighted by atomic mass is 9.72. The van der Waals surface area contributed by atoms with Gasteiger partial charge in [0.05, 0.1) is 5.41 Å². The molecule has 0 saturated carbocycles. The smallest absolute Gasteiger partial charge is 0.233 e. The van der Waals surface area contributed by atoms with Gasteiger partial charge in [0.25, 0.3) is 0 Å². The number of carbonyl (C=O) groups is 1. The Morgan fingerprint density at radius 1 is 1.29 bits per heavy atom. The number of rotatable bonds is 2. The third kappa shape index (κ3) is 2.97. The summed E-state index contributed by atoms with van der Waals surface area (Å²) in [5.41, 5.74) is 0.885. The van der Waals surface area contributed by atoms with Gasteiger partial charge in [0.2, 0.25) is 5.91 Å². The second-order valence-corrected chi connectivity index (χ2v) is 7.68. The molecule has 0 aliphatic carbocycles. The molecule has 1 atom stereocenters. The molecule has 3 rings (SSSR count). The first-order valence-corrected chi connectivity index (χ1v) is 8.94. The summed E-state index contributed by atoms with van der Waals surface area (Å²) in [7, 11) is 0. The van der Waals surface area contributed by atoms with Crippen LogP contribution in [0.5, 0.6) is 0 Å². The first-order valence-electron chi connectivity index (χ1n) is 7.90. The summed E-state index contributed by atoms with van der Waals surface area (Å²) in [6.07, 6.45) is 1.82. The average Bonchev–Trinajstić information content (AvgIpc) is 2.55. The minimum Gasteiger partial charge on any atom is -0.340 e. The highest BCUT2D eigenvalue weighted by Crippen LogP contribution is 2.36. The van der Waals surface area contributed by atoms with Gasteiger partial charge >= 0.3 is 0 Å². The van der Waals surface area contributed by atoms with Crippen LogP contribution in [0.3, 0.4) is 0 Å². The summed E-state index contributed by atoms with van der Waals surface area (Å²) in [6.45, 7) is 5.88. The van der Waals surface area contributed by atoms with Gasteiger partial charge in [0.15, 0.2) is 0 Å². The molecule has 0 radical (unpaired) electrons. The molecule has 1 N–H and O–H groups in total. The summed E-state index contributed by atoms with van der Waals surface area (Å²) in [5, 5.41) is 3.95. The van der Waals surface area contributed by atoms with Gasteiger partial charge in [-0.15, -0.1) is 0 Å². The molecule has 1 unspecified atom stereocenters. The number of nitrogens with zero attached hydrogens (tertiary/aromatic N) is 1. The molecular weight excluding hydrogens is 280 g/mol. The molecule has 3 nitrogen and oxygen atoms in total. The maximum absolute atomic E-state index is 13.3. The third-order valence-corrected chi connectivity index (χ3v) is 5.86. The molecule has 2 fully saturated rings. The van der Waals surface area contributed by atoms with Crippen LogP contribution in [0.1, 0.15) is 25.3 Å². The summed E-state index contributed by atoms with van der Waals surface area (Å²) in [6, 6.07) is 10.4. The molecule has 2 aliphatic rings. The van der Waals surface area contributed by atoms with Crippen molar-refractivity contribution >= 4 is 17.7 Å². The van der Waals surface area contributed by atoms with Crippen LogP contribution in [0.4, 0.5) is 0 Å². The fourth-order valence-corrected chi connectivity index (χ4v) is 4.56. The van der Waals surface area contributed by atoms with Crippen LogP contribution in [-0.4, -0.2) is 48.0 Å². The molecular formula is C17H24N2OS. The Balaban J connectivity index is 1.90. The zero-order chi connectivity index (χ0) is 14.7. The van der Waals surface area contributed by atoms with Crippen molar-refractivity contribution in [3.05, 3.63) is 35.9 Å². The van der Waals surface area contributed by atoms with Gasteiger partial charge in [-0.3, -0.25) is 4.79 Å². The fraction of sp³-hybridized carbons (Fsp3) is 0.588. The van der Waals surface area contributed by atoms with E-state index in [0.717, 1.165) is 44.8 Å². The van der Waals surface area contributed by atoms with Crippen LogP contribution >= 0.6 is 11.8 Å². The molecule has 114 valence electrons. The highest BCUT2D eigenvalue weighted by Gasteiger charge is 2.44. The Hall–Kier alpha value is -1.00. The van der Waals surface area contributed by atoms with E-state index in [1.807, 2.05) is 17.8 Å². The molecule has 0 spiro atoms. The molecule has 2 aliphatic heterocycles. The Bertz CT molecular complexity index is 485. The predicted molar refractivity (Wildman–Crippen MR) is 88.7 cm³/mol. The van der Waals surface area contributed by atoms with Crippen LogP contribution in [0.25, 0.3) is 0 Å². The normalized spacial score (nSPS) is 25.6. The summed E-state index contributed by atoms with van der Waals surface area (Å²) >= 11 is 1.97. The lowest BCUT2D eigenvalue weighted by molar-refractivity contribution is -0.138. The van der Waals surface area contributed by atoms with Gasteiger partial charge in [-0.05, 0) is 31.5 Å². The Kier molecular flexibility index (Phi) is 4.55. The number of piperidine rings is 1. The SMILES string of the molecule is CC1CN(C(=O)C2(c3ccccc3)CCNCC2)CCS1. The van der Waals surface area contributed by atoms with Crippen molar-refractivity contribution < 1.29 is 4.79 Å². The number of hydrogen-bond donors (Lipinski definition) is 1. The number of carbonyl (C=O) groups excluding carboxylic acids is 1. The largest absolute Gasteiger partial charge is 0.340 e. The van der Waals surface area contributed by atoms with Crippen LogP contribution in [0.2, 0.25) is 0 Å². The molecule has 2 saturated heterocycles. The quantitative estimate of drug-likeness (QED) is 0.910. The van der Waals surface area contributed by atoms with Crippen molar-refractivity contribution in [2.45, 2.75) is 30.4 Å². The Morgan fingerprint density at radius 2 is 2.00 bits per heavy atom. The molecule has 4 heteroatoms. The first kappa shape index (κ1) is 14.9. The van der Waals surface area contributed by atoms with E-state index >= 15 is 0 Å². The zero-order valence-corrected chi connectivity index (χ0v) is 13.5. The molecule has 1 aromatic rings. The number of benzene rings is 1. The van der Waals surface area contributed by atoms with Crippen LogP contribution in [0.15, 0.2) is 30.3 Å². The van der Waals surface area contributed by atoms with E-state index in [4.69, 9.17) is 0 Å². The monoisotopic (exact) mass is 304 g/mol. The minimum absolute atomic E-state index is 0.311. The van der Waals surface area contributed by atoms with Crippen molar-refractivity contribution in [2.24, 2.45) is 0 Å². The van der Waals surface area contributed by atoms with Crippen molar-refractivity contribution in [1.29, 1.82) is 0 Å². The van der Waals surface area contributed by atoms with Crippen LogP contribution in [-0.2, 0) is 10.2 Å². The van der Waals surface area contributed by atoms with Crippen molar-refractivity contribution in [2.75, 3.05) is 31.9 Å². The van der Waals surface area contributed by atoms with E-state index in [1.54, 1.807) is 0 Å². The number of thioether (sulfide) groups is 1. The number of nitrogens with one attached hydrogen (secondary N) is 1. The molecule has 1 amide bonds. The summed E-state index contributed by atoms with van der Waals surface area (Å²) in [4.78, 5) is 15.4. The van der Waals surface area contributed by atoms with E-state index in [2.05, 4.69) is 41.4 Å². The van der Waals surface area contributed by atoms with Gasteiger partial charge in [0.1, 0.15) is 0 Å². The summed E-state index contributed by atoms with van der Waals surface area (Å²) < 4.78 is 0. The van der Waals surface area contributed by atoms with E-state index < -0.39 is 0 Å². The topological polar surface area (TPSA) is 32.3 Å². The van der Waals surface area contributed by atoms with Gasteiger partial charge in [-0.25, -0.2) is 0 Å². The van der Waals surface area contributed by atoms with Crippen molar-refractivity contribution in [1.82, 2.24) is 10.2 Å². The molecule has 2 heterocycles.